The van der Waals surface area contributed by atoms with E-state index in [2.05, 4.69) is 16.0 Å². The third-order valence-electron chi connectivity index (χ3n) is 10.1. The number of likely N-dealkylation sites (tertiary alicyclic amines) is 1. The van der Waals surface area contributed by atoms with E-state index in [-0.39, 0.29) is 57.8 Å². The average Bonchev–Trinajstić information content (AvgIpc) is 3.21. The zero-order chi connectivity index (χ0) is 43.2. The fourth-order valence-corrected chi connectivity index (χ4v) is 6.64. The maximum atomic E-state index is 12.9. The van der Waals surface area contributed by atoms with Crippen LogP contribution in [0.15, 0.2) is 0 Å². The van der Waals surface area contributed by atoms with Crippen molar-refractivity contribution in [2.24, 2.45) is 5.92 Å². The summed E-state index contributed by atoms with van der Waals surface area (Å²) in [6.07, 6.45) is 20.4. The van der Waals surface area contributed by atoms with Gasteiger partial charge in [0.05, 0.1) is 46.1 Å². The topological polar surface area (TPSA) is 236 Å². The third kappa shape index (κ3) is 31.9. The van der Waals surface area contributed by atoms with Crippen molar-refractivity contribution in [2.75, 3.05) is 79.0 Å². The second-order valence-electron chi connectivity index (χ2n) is 15.0. The van der Waals surface area contributed by atoms with Gasteiger partial charge in [-0.05, 0) is 25.7 Å². The summed E-state index contributed by atoms with van der Waals surface area (Å²) in [4.78, 5) is 84.0. The standard InChI is InChI=1S/C42H74N4O13/c47-25-28-58-30-29-56-27-22-44-38(49)34-59-32-31-57-26-21-43-37(48)33-36(42(54)55)45-41(53)35-19-23-46(24-20-35)39(50)17-15-13-11-9-7-5-3-1-2-4-6-8-10-12-14-16-18-40(51)52/h25,35-36H,1-24,26-34H2,(H,43,48)(H,44,49)(H,45,53)(H,51,52)(H,54,55)/t36-/m1/s1. The molecule has 0 saturated carbocycles. The van der Waals surface area contributed by atoms with Crippen molar-refractivity contribution in [3.8, 4) is 0 Å². The molecule has 17 nitrogen and oxygen atoms in total. The molecule has 0 aromatic heterocycles. The Morgan fingerprint density at radius 1 is 0.593 bits per heavy atom. The molecule has 0 aromatic rings. The molecule has 340 valence electrons. The van der Waals surface area contributed by atoms with Gasteiger partial charge in [-0.15, -0.1) is 0 Å². The van der Waals surface area contributed by atoms with E-state index in [4.69, 9.17) is 24.1 Å². The van der Waals surface area contributed by atoms with Crippen LogP contribution < -0.4 is 16.0 Å². The number of unbranched alkanes of at least 4 members (excludes halogenated alkanes) is 15. The Morgan fingerprint density at radius 2 is 1.05 bits per heavy atom. The number of aldehydes is 1. The van der Waals surface area contributed by atoms with E-state index < -0.39 is 42.1 Å². The Balaban J connectivity index is 2.03. The number of aliphatic carboxylic acids is 2. The van der Waals surface area contributed by atoms with Crippen LogP contribution in [0.2, 0.25) is 0 Å². The number of carboxylic acid groups (broad SMARTS) is 2. The summed E-state index contributed by atoms with van der Waals surface area (Å²) < 4.78 is 20.8. The predicted octanol–water partition coefficient (Wildman–Crippen LogP) is 3.79. The van der Waals surface area contributed by atoms with Crippen LogP contribution in [0.1, 0.15) is 135 Å². The molecule has 17 heteroatoms. The number of carbonyl (C=O) groups excluding carboxylic acids is 5. The van der Waals surface area contributed by atoms with E-state index in [9.17, 15) is 38.7 Å². The molecule has 4 amide bonds. The lowest BCUT2D eigenvalue weighted by atomic mass is 9.95. The first-order chi connectivity index (χ1) is 28.6. The number of carbonyl (C=O) groups is 7. The summed E-state index contributed by atoms with van der Waals surface area (Å²) in [7, 11) is 0. The Kier molecular flexibility index (Phi) is 33.8. The van der Waals surface area contributed by atoms with E-state index in [1.165, 1.54) is 64.2 Å². The maximum absolute atomic E-state index is 12.9. The minimum Gasteiger partial charge on any atom is -0.481 e. The number of nitrogens with one attached hydrogen (secondary N) is 3. The molecular formula is C42H74N4O13. The lowest BCUT2D eigenvalue weighted by molar-refractivity contribution is -0.144. The second kappa shape index (κ2) is 37.3. The number of rotatable bonds is 40. The molecule has 0 radical (unpaired) electrons. The van der Waals surface area contributed by atoms with Gasteiger partial charge in [-0.2, -0.15) is 0 Å². The van der Waals surface area contributed by atoms with Crippen LogP contribution >= 0.6 is 0 Å². The summed E-state index contributed by atoms with van der Waals surface area (Å²) in [6, 6.07) is -1.38. The van der Waals surface area contributed by atoms with E-state index in [0.717, 1.165) is 38.5 Å². The zero-order valence-electron chi connectivity index (χ0n) is 35.4. The van der Waals surface area contributed by atoms with Crippen molar-refractivity contribution in [3.63, 3.8) is 0 Å². The number of carboxylic acids is 2. The fourth-order valence-electron chi connectivity index (χ4n) is 6.64. The Hall–Kier alpha value is -3.67. The zero-order valence-corrected chi connectivity index (χ0v) is 35.4. The van der Waals surface area contributed by atoms with Gasteiger partial charge < -0.3 is 54.8 Å². The van der Waals surface area contributed by atoms with E-state index in [0.29, 0.717) is 65.0 Å². The number of hydrogen-bond donors (Lipinski definition) is 5. The van der Waals surface area contributed by atoms with E-state index >= 15 is 0 Å². The Morgan fingerprint density at radius 3 is 1.54 bits per heavy atom. The predicted molar refractivity (Wildman–Crippen MR) is 220 cm³/mol. The minimum atomic E-state index is -1.38. The molecule has 0 spiro atoms. The van der Waals surface area contributed by atoms with Gasteiger partial charge in [0.25, 0.3) is 0 Å². The summed E-state index contributed by atoms with van der Waals surface area (Å²) in [5.74, 6) is -3.65. The van der Waals surface area contributed by atoms with Gasteiger partial charge in [-0.25, -0.2) is 4.79 Å². The Bertz CT molecular complexity index is 1170. The number of hydrogen-bond acceptors (Lipinski definition) is 11. The summed E-state index contributed by atoms with van der Waals surface area (Å²) in [6.45, 7) is 2.54. The van der Waals surface area contributed by atoms with Crippen LogP contribution in [0.25, 0.3) is 0 Å². The highest BCUT2D eigenvalue weighted by molar-refractivity contribution is 5.89. The normalized spacial score (nSPS) is 13.5. The molecule has 1 atom stereocenters. The molecule has 5 N–H and O–H groups in total. The van der Waals surface area contributed by atoms with Crippen LogP contribution in [0.4, 0.5) is 0 Å². The number of nitrogens with zero attached hydrogens (tertiary/aromatic N) is 1. The monoisotopic (exact) mass is 843 g/mol. The number of piperidine rings is 1. The molecule has 0 aliphatic carbocycles. The van der Waals surface area contributed by atoms with Gasteiger partial charge in [-0.3, -0.25) is 24.0 Å². The molecule has 1 rings (SSSR count). The van der Waals surface area contributed by atoms with Crippen LogP contribution in [0.3, 0.4) is 0 Å². The van der Waals surface area contributed by atoms with Gasteiger partial charge in [0.2, 0.25) is 23.6 Å². The van der Waals surface area contributed by atoms with Crippen LogP contribution in [0.5, 0.6) is 0 Å². The van der Waals surface area contributed by atoms with Crippen molar-refractivity contribution < 1.29 is 62.7 Å². The van der Waals surface area contributed by atoms with Crippen molar-refractivity contribution >= 4 is 41.9 Å². The second-order valence-corrected chi connectivity index (χ2v) is 15.0. The highest BCUT2D eigenvalue weighted by Gasteiger charge is 2.31. The fraction of sp³-hybridized carbons (Fsp3) is 0.833. The molecule has 1 saturated heterocycles. The van der Waals surface area contributed by atoms with Gasteiger partial charge in [0.1, 0.15) is 25.5 Å². The van der Waals surface area contributed by atoms with Gasteiger partial charge in [0, 0.05) is 44.9 Å². The largest absolute Gasteiger partial charge is 0.481 e. The van der Waals surface area contributed by atoms with Gasteiger partial charge >= 0.3 is 11.9 Å². The molecular weight excluding hydrogens is 768 g/mol. The van der Waals surface area contributed by atoms with Crippen LogP contribution in [-0.2, 0) is 52.5 Å². The van der Waals surface area contributed by atoms with Crippen molar-refractivity contribution in [1.82, 2.24) is 20.9 Å². The van der Waals surface area contributed by atoms with Crippen LogP contribution in [0, 0.1) is 5.92 Å². The Labute approximate surface area is 350 Å². The third-order valence-corrected chi connectivity index (χ3v) is 10.1. The van der Waals surface area contributed by atoms with Gasteiger partial charge in [-0.1, -0.05) is 89.9 Å². The molecule has 59 heavy (non-hydrogen) atoms. The lowest BCUT2D eigenvalue weighted by Gasteiger charge is -2.32. The summed E-state index contributed by atoms with van der Waals surface area (Å²) in [5.41, 5.74) is 0. The molecule has 1 aliphatic rings. The minimum absolute atomic E-state index is 0.0194. The van der Waals surface area contributed by atoms with Crippen molar-refractivity contribution in [3.05, 3.63) is 0 Å². The van der Waals surface area contributed by atoms with E-state index in [1.54, 1.807) is 4.90 Å². The first-order valence-corrected chi connectivity index (χ1v) is 21.9. The molecule has 0 bridgehead atoms. The first kappa shape index (κ1) is 53.3. The van der Waals surface area contributed by atoms with Crippen molar-refractivity contribution in [2.45, 2.75) is 141 Å². The molecule has 0 aromatic carbocycles. The molecule has 1 fully saturated rings. The summed E-state index contributed by atoms with van der Waals surface area (Å²) in [5, 5.41) is 26.0. The summed E-state index contributed by atoms with van der Waals surface area (Å²) >= 11 is 0. The van der Waals surface area contributed by atoms with Crippen molar-refractivity contribution in [1.29, 1.82) is 0 Å². The number of amides is 4. The smallest absolute Gasteiger partial charge is 0.326 e. The molecule has 1 heterocycles. The lowest BCUT2D eigenvalue weighted by Crippen LogP contribution is -2.49. The number of ether oxygens (including phenoxy) is 4. The van der Waals surface area contributed by atoms with E-state index in [1.807, 2.05) is 0 Å². The maximum Gasteiger partial charge on any atom is 0.326 e. The highest BCUT2D eigenvalue weighted by atomic mass is 16.5. The van der Waals surface area contributed by atoms with Gasteiger partial charge in [0.15, 0.2) is 0 Å². The quantitative estimate of drug-likeness (QED) is 0.0437. The SMILES string of the molecule is O=CCOCCOCCNC(=O)COCCOCCNC(=O)C[C@@H](NC(=O)C1CCN(C(=O)CCCCCCCCCCCCCCCCCCC(=O)O)CC1)C(=O)O. The van der Waals surface area contributed by atoms with Crippen LogP contribution in [-0.4, -0.2) is 142 Å². The molecule has 1 aliphatic heterocycles. The first-order valence-electron chi connectivity index (χ1n) is 21.9. The average molecular weight is 843 g/mol. The molecule has 0 unspecified atom stereocenters. The highest BCUT2D eigenvalue weighted by Crippen LogP contribution is 2.20.